The van der Waals surface area contributed by atoms with E-state index in [2.05, 4.69) is 15.3 Å². The summed E-state index contributed by atoms with van der Waals surface area (Å²) in [5.41, 5.74) is -2.07. The summed E-state index contributed by atoms with van der Waals surface area (Å²) in [4.78, 5) is 64.3. The Morgan fingerprint density at radius 2 is 1.75 bits per heavy atom. The number of nitrogens with zero attached hydrogens (tertiary/aromatic N) is 6. The quantitative estimate of drug-likeness (QED) is 0.182. The molecule has 2 aromatic heterocycles. The van der Waals surface area contributed by atoms with Gasteiger partial charge in [0.2, 0.25) is 0 Å². The molecule has 13 atom stereocenters. The van der Waals surface area contributed by atoms with Crippen molar-refractivity contribution in [2.75, 3.05) is 34.0 Å². The molecule has 60 heavy (non-hydrogen) atoms. The molecule has 0 spiro atoms. The van der Waals surface area contributed by atoms with Crippen LogP contribution in [0.2, 0.25) is 0 Å². The van der Waals surface area contributed by atoms with E-state index in [1.54, 1.807) is 64.7 Å². The second-order valence-corrected chi connectivity index (χ2v) is 17.8. The first-order valence-electron chi connectivity index (χ1n) is 20.4. The summed E-state index contributed by atoms with van der Waals surface area (Å²) in [5, 5.41) is 22.4. The summed E-state index contributed by atoms with van der Waals surface area (Å²) in [7, 11) is 5.22. The third kappa shape index (κ3) is 10.8. The third-order valence-electron chi connectivity index (χ3n) is 12.1. The fraction of sp³-hybridized carbons (Fsp3) is 0.732. The van der Waals surface area contributed by atoms with Crippen LogP contribution < -0.4 is 0 Å². The van der Waals surface area contributed by atoms with Gasteiger partial charge in [0.15, 0.2) is 17.7 Å². The zero-order valence-corrected chi connectivity index (χ0v) is 38.4. The molecule has 1 amide bonds. The number of hydrogen-bond donors (Lipinski definition) is 1. The Labute approximate surface area is 361 Å². The van der Waals surface area contributed by atoms with Crippen molar-refractivity contribution in [1.29, 1.82) is 0 Å². The number of aliphatic hydroxyl groups is 1. The summed E-state index contributed by atoms with van der Waals surface area (Å²) in [6, 6.07) is -1.14. The van der Waals surface area contributed by atoms with Gasteiger partial charge in [-0.05, 0) is 61.1 Å². The lowest BCUT2D eigenvalue weighted by atomic mass is 9.73. The number of esters is 1. The van der Waals surface area contributed by atoms with Crippen LogP contribution in [0, 0.1) is 23.7 Å². The molecule has 3 aliphatic rings. The van der Waals surface area contributed by atoms with Crippen molar-refractivity contribution < 1.29 is 51.9 Å². The van der Waals surface area contributed by atoms with E-state index in [0.717, 1.165) is 5.01 Å². The van der Waals surface area contributed by atoms with Crippen LogP contribution in [-0.4, -0.2) is 147 Å². The summed E-state index contributed by atoms with van der Waals surface area (Å²) in [6.45, 7) is 14.3. The van der Waals surface area contributed by atoms with Gasteiger partial charge in [-0.2, -0.15) is 3.89 Å². The van der Waals surface area contributed by atoms with Gasteiger partial charge in [-0.15, -0.1) is 16.4 Å². The molecular formula is C41H63FN6O10S2. The molecule has 16 nitrogen and oxygen atoms in total. The van der Waals surface area contributed by atoms with E-state index in [4.69, 9.17) is 23.7 Å². The molecule has 3 saturated heterocycles. The standard InChI is InChI=1S/C40H60N6O10S.CH3FS/c1-12-29-40(8)33(46(38(51)56-40)17-14-13-16-45-21-27(42-43-45)35-41-15-18-57-35)24(4)30(47)22(2)20-39(7,52-11)34(25(5)31(48)26(6)36(50)54-29)55-37-32(49)28(44(9)10)19-23(3)53-37;1-3-2/h13-15,18,21-26,28-29,32-34,37,49H,12,16-17,19-20H2,1-11H3;1H3/b14-13+;/t22-,23?,24+,25+,26-,28?,29-,32?,33-,34-,37+,39-,40-;/m1./s1. The normalized spacial score (nSPS) is 35.8. The van der Waals surface area contributed by atoms with Gasteiger partial charge in [-0.1, -0.05) is 45.1 Å². The van der Waals surface area contributed by atoms with E-state index in [0.29, 0.717) is 18.7 Å². The van der Waals surface area contributed by atoms with E-state index in [9.17, 15) is 28.2 Å². The maximum Gasteiger partial charge on any atom is 0.411 e. The van der Waals surface area contributed by atoms with Crippen molar-refractivity contribution in [2.24, 2.45) is 23.7 Å². The number of hydrogen-bond acceptors (Lipinski definition) is 16. The van der Waals surface area contributed by atoms with Gasteiger partial charge in [0.05, 0.1) is 36.6 Å². The molecule has 336 valence electrons. The fourth-order valence-electron chi connectivity index (χ4n) is 8.87. The molecule has 0 aliphatic carbocycles. The maximum absolute atomic E-state index is 14.7. The van der Waals surface area contributed by atoms with Crippen LogP contribution in [0.5, 0.6) is 0 Å². The van der Waals surface area contributed by atoms with E-state index in [1.807, 2.05) is 37.4 Å². The number of aromatic nitrogens is 4. The number of likely N-dealkylation sites (N-methyl/N-ethyl adjacent to an activating group) is 1. The number of allylic oxidation sites excluding steroid dienone is 1. The monoisotopic (exact) mass is 882 g/mol. The number of halogens is 1. The summed E-state index contributed by atoms with van der Waals surface area (Å²) < 4.78 is 42.9. The van der Waals surface area contributed by atoms with Gasteiger partial charge >= 0.3 is 12.1 Å². The number of fused-ring (bicyclic) bond motifs is 1. The summed E-state index contributed by atoms with van der Waals surface area (Å²) in [6.07, 6.45) is 4.26. The Balaban J connectivity index is 0.00000257. The molecule has 0 radical (unpaired) electrons. The van der Waals surface area contributed by atoms with Gasteiger partial charge in [-0.3, -0.25) is 19.3 Å². The number of thiazole rings is 1. The number of rotatable bonds is 10. The Morgan fingerprint density at radius 1 is 1.08 bits per heavy atom. The maximum atomic E-state index is 14.7. The molecule has 5 heterocycles. The van der Waals surface area contributed by atoms with Crippen LogP contribution in [0.1, 0.15) is 74.7 Å². The van der Waals surface area contributed by atoms with Crippen LogP contribution in [0.4, 0.5) is 8.68 Å². The number of methoxy groups -OCH3 is 1. The van der Waals surface area contributed by atoms with Crippen LogP contribution in [0.25, 0.3) is 10.7 Å². The zero-order valence-electron chi connectivity index (χ0n) is 36.8. The largest absolute Gasteiger partial charge is 0.458 e. The molecule has 3 aliphatic heterocycles. The predicted molar refractivity (Wildman–Crippen MR) is 224 cm³/mol. The lowest BCUT2D eigenvalue weighted by Crippen LogP contribution is -2.60. The smallest absolute Gasteiger partial charge is 0.411 e. The van der Waals surface area contributed by atoms with Crippen LogP contribution >= 0.6 is 23.5 Å². The van der Waals surface area contributed by atoms with Crippen molar-refractivity contribution in [3.63, 3.8) is 0 Å². The SMILES string of the molecule is CC[C@H]1OC(=O)[C@H](C)C(=O)[C@H](C)[C@@H](O[C@@H]2OC(C)CC(N(C)C)C2O)[C@](C)(OC)C[C@@H](C)C(=O)[C@H](C)[C@H]2N(C/C=C/Cn3cc(-c4nccs4)nn3)C(=O)O[C@]12C.CSF. The molecule has 0 saturated carbocycles. The zero-order chi connectivity index (χ0) is 44.7. The topological polar surface area (TPSA) is 185 Å². The molecule has 0 bridgehead atoms. The van der Waals surface area contributed by atoms with E-state index < -0.39 is 83.4 Å². The van der Waals surface area contributed by atoms with Crippen molar-refractivity contribution >= 4 is 47.1 Å². The van der Waals surface area contributed by atoms with Gasteiger partial charge in [0.25, 0.3) is 0 Å². The van der Waals surface area contributed by atoms with E-state index in [1.165, 1.54) is 36.5 Å². The lowest BCUT2D eigenvalue weighted by Gasteiger charge is -2.47. The Bertz CT molecular complexity index is 1780. The van der Waals surface area contributed by atoms with Crippen LogP contribution in [0.15, 0.2) is 29.9 Å². The van der Waals surface area contributed by atoms with Gasteiger partial charge < -0.3 is 33.7 Å². The Kier molecular flexibility index (Phi) is 17.4. The average Bonchev–Trinajstić information content (AvgIpc) is 3.97. The number of ketones is 2. The second-order valence-electron chi connectivity index (χ2n) is 16.6. The highest BCUT2D eigenvalue weighted by Crippen LogP contribution is 2.43. The highest BCUT2D eigenvalue weighted by atomic mass is 32.2. The first-order valence-corrected chi connectivity index (χ1v) is 22.4. The van der Waals surface area contributed by atoms with Crippen molar-refractivity contribution in [3.05, 3.63) is 29.9 Å². The minimum absolute atomic E-state index is 0.0949. The number of carbonyl (C=O) groups is 4. The highest BCUT2D eigenvalue weighted by Gasteiger charge is 2.60. The van der Waals surface area contributed by atoms with Crippen molar-refractivity contribution in [1.82, 2.24) is 29.8 Å². The summed E-state index contributed by atoms with van der Waals surface area (Å²) in [5.74, 6) is -5.11. The molecule has 3 fully saturated rings. The minimum atomic E-state index is -1.44. The fourth-order valence-corrected chi connectivity index (χ4v) is 9.46. The van der Waals surface area contributed by atoms with E-state index >= 15 is 0 Å². The third-order valence-corrected chi connectivity index (χ3v) is 12.9. The molecule has 2 aromatic rings. The average molecular weight is 883 g/mol. The second kappa shape index (κ2) is 21.2. The number of aliphatic hydroxyl groups excluding tert-OH is 1. The van der Waals surface area contributed by atoms with Crippen LogP contribution in [-0.2, 0) is 44.6 Å². The minimum Gasteiger partial charge on any atom is -0.458 e. The molecule has 1 N–H and O–H groups in total. The highest BCUT2D eigenvalue weighted by molar-refractivity contribution is 7.93. The first kappa shape index (κ1) is 49.3. The number of Topliss-reactive ketones (excluding diaryl/α,β-unsaturated/α-hetero) is 2. The molecule has 5 rings (SSSR count). The molecule has 3 unspecified atom stereocenters. The van der Waals surface area contributed by atoms with Crippen LogP contribution in [0.3, 0.4) is 0 Å². The number of ether oxygens (including phenoxy) is 5. The number of carbonyl (C=O) groups excluding carboxylic acids is 4. The number of cyclic esters (lactones) is 1. The lowest BCUT2D eigenvalue weighted by molar-refractivity contribution is -0.295. The van der Waals surface area contributed by atoms with Gasteiger partial charge in [0.1, 0.15) is 34.6 Å². The first-order chi connectivity index (χ1) is 28.3. The number of amides is 1. The molecule has 0 aromatic carbocycles. The molecule has 19 heteroatoms. The van der Waals surface area contributed by atoms with Gasteiger partial charge in [0, 0.05) is 67.4 Å². The summed E-state index contributed by atoms with van der Waals surface area (Å²) >= 11 is 1.71. The Hall–Kier alpha value is -3.33. The van der Waals surface area contributed by atoms with Crippen molar-refractivity contribution in [3.8, 4) is 10.7 Å². The van der Waals surface area contributed by atoms with E-state index in [-0.39, 0.29) is 49.5 Å². The van der Waals surface area contributed by atoms with Crippen molar-refractivity contribution in [2.45, 2.75) is 135 Å². The predicted octanol–water partition coefficient (Wildman–Crippen LogP) is 5.40. The molecular weight excluding hydrogens is 820 g/mol. The Morgan fingerprint density at radius 3 is 2.35 bits per heavy atom. The van der Waals surface area contributed by atoms with Gasteiger partial charge in [-0.25, -0.2) is 14.5 Å².